The summed E-state index contributed by atoms with van der Waals surface area (Å²) in [4.78, 5) is 13.9. The van der Waals surface area contributed by atoms with Crippen LogP contribution in [0.3, 0.4) is 0 Å². The number of carbonyl (C=O) groups excluding carboxylic acids is 1. The molecule has 0 amide bonds. The first-order valence-electron chi connectivity index (χ1n) is 17.5. The van der Waals surface area contributed by atoms with Gasteiger partial charge in [0.2, 0.25) is 0 Å². The van der Waals surface area contributed by atoms with Crippen molar-refractivity contribution in [1.29, 1.82) is 0 Å². The Bertz CT molecular complexity index is 824. The van der Waals surface area contributed by atoms with Crippen molar-refractivity contribution in [2.75, 3.05) is 186 Å². The summed E-state index contributed by atoms with van der Waals surface area (Å²) in [5.41, 5.74) is 0.525. The standard InChI is InChI=1S/C35H63NO14/c1-36(2)8-9-38-10-11-39-12-13-40-14-15-41-16-17-42-18-19-43-20-21-44-22-23-45-24-25-46-26-27-47-28-29-48-30-31-49-32-33-50-35(37)34-6-4-3-5-7-34/h3-7H,8-33H2,1-2H3. The Morgan fingerprint density at radius 3 is 0.880 bits per heavy atom. The van der Waals surface area contributed by atoms with E-state index in [1.165, 1.54) is 0 Å². The number of nitrogens with zero attached hydrogens (tertiary/aromatic N) is 1. The number of rotatable bonds is 40. The van der Waals surface area contributed by atoms with Gasteiger partial charge in [0.1, 0.15) is 6.61 Å². The molecule has 15 nitrogen and oxygen atoms in total. The smallest absolute Gasteiger partial charge is 0.338 e. The Hall–Kier alpha value is -1.83. The van der Waals surface area contributed by atoms with Crippen molar-refractivity contribution in [3.05, 3.63) is 35.9 Å². The largest absolute Gasteiger partial charge is 0.460 e. The molecular formula is C35H63NO14. The van der Waals surface area contributed by atoms with Crippen molar-refractivity contribution in [3.8, 4) is 0 Å². The van der Waals surface area contributed by atoms with Gasteiger partial charge in [0, 0.05) is 6.54 Å². The molecule has 50 heavy (non-hydrogen) atoms. The van der Waals surface area contributed by atoms with E-state index in [-0.39, 0.29) is 12.6 Å². The molecule has 0 aliphatic heterocycles. The molecule has 0 bridgehead atoms. The number of hydrogen-bond acceptors (Lipinski definition) is 15. The van der Waals surface area contributed by atoms with Crippen LogP contribution in [0.15, 0.2) is 30.3 Å². The molecular weight excluding hydrogens is 658 g/mol. The molecule has 1 rings (SSSR count). The van der Waals surface area contributed by atoms with Gasteiger partial charge >= 0.3 is 5.97 Å². The van der Waals surface area contributed by atoms with Gasteiger partial charge < -0.3 is 66.5 Å². The third kappa shape index (κ3) is 34.6. The average Bonchev–Trinajstić information content (AvgIpc) is 3.12. The summed E-state index contributed by atoms with van der Waals surface area (Å²) < 4.78 is 70.7. The van der Waals surface area contributed by atoms with Crippen molar-refractivity contribution >= 4 is 5.97 Å². The maximum Gasteiger partial charge on any atom is 0.338 e. The van der Waals surface area contributed by atoms with E-state index in [0.717, 1.165) is 6.54 Å². The zero-order chi connectivity index (χ0) is 35.8. The van der Waals surface area contributed by atoms with E-state index in [0.29, 0.717) is 164 Å². The van der Waals surface area contributed by atoms with Crippen molar-refractivity contribution in [1.82, 2.24) is 4.90 Å². The number of hydrogen-bond donors (Lipinski definition) is 0. The lowest BCUT2D eigenvalue weighted by molar-refractivity contribution is -0.0288. The minimum Gasteiger partial charge on any atom is -0.460 e. The van der Waals surface area contributed by atoms with Gasteiger partial charge in [0.05, 0.1) is 164 Å². The average molecular weight is 722 g/mol. The van der Waals surface area contributed by atoms with E-state index in [9.17, 15) is 4.79 Å². The molecule has 1 aromatic carbocycles. The van der Waals surface area contributed by atoms with Gasteiger partial charge in [0.15, 0.2) is 0 Å². The third-order valence-electron chi connectivity index (χ3n) is 6.25. The van der Waals surface area contributed by atoms with Gasteiger partial charge in [-0.2, -0.15) is 0 Å². The molecule has 0 heterocycles. The van der Waals surface area contributed by atoms with Crippen LogP contribution < -0.4 is 0 Å². The Balaban J connectivity index is 1.62. The lowest BCUT2D eigenvalue weighted by Gasteiger charge is -2.10. The zero-order valence-corrected chi connectivity index (χ0v) is 30.4. The minimum absolute atomic E-state index is 0.201. The van der Waals surface area contributed by atoms with E-state index in [1.807, 2.05) is 20.2 Å². The van der Waals surface area contributed by atoms with Crippen LogP contribution in [0.2, 0.25) is 0 Å². The number of ether oxygens (including phenoxy) is 13. The highest BCUT2D eigenvalue weighted by molar-refractivity contribution is 5.89. The second-order valence-electron chi connectivity index (χ2n) is 10.7. The van der Waals surface area contributed by atoms with Crippen LogP contribution in [-0.4, -0.2) is 197 Å². The normalized spacial score (nSPS) is 11.5. The van der Waals surface area contributed by atoms with Gasteiger partial charge in [-0.25, -0.2) is 4.79 Å². The summed E-state index contributed by atoms with van der Waals surface area (Å²) in [7, 11) is 4.04. The number of benzene rings is 1. The van der Waals surface area contributed by atoms with Gasteiger partial charge in [-0.15, -0.1) is 0 Å². The Kier molecular flexibility index (Phi) is 35.5. The summed E-state index contributed by atoms with van der Waals surface area (Å²) in [6.07, 6.45) is 0. The maximum atomic E-state index is 11.8. The zero-order valence-electron chi connectivity index (χ0n) is 30.4. The lowest BCUT2D eigenvalue weighted by atomic mass is 10.2. The van der Waals surface area contributed by atoms with Crippen LogP contribution in [0.1, 0.15) is 10.4 Å². The quantitative estimate of drug-likeness (QED) is 0.0716. The predicted octanol–water partition coefficient (Wildman–Crippen LogP) is 1.60. The summed E-state index contributed by atoms with van der Waals surface area (Å²) >= 11 is 0. The molecule has 0 saturated heterocycles. The van der Waals surface area contributed by atoms with Crippen molar-refractivity contribution in [2.45, 2.75) is 0 Å². The van der Waals surface area contributed by atoms with Crippen molar-refractivity contribution < 1.29 is 66.4 Å². The highest BCUT2D eigenvalue weighted by atomic mass is 16.6. The molecule has 0 aliphatic carbocycles. The molecule has 0 fully saturated rings. The van der Waals surface area contributed by atoms with Gasteiger partial charge in [-0.1, -0.05) is 18.2 Å². The van der Waals surface area contributed by atoms with Crippen LogP contribution in [0.4, 0.5) is 0 Å². The lowest BCUT2D eigenvalue weighted by Crippen LogP contribution is -2.19. The van der Waals surface area contributed by atoms with E-state index in [4.69, 9.17) is 61.6 Å². The Morgan fingerprint density at radius 2 is 0.620 bits per heavy atom. The first-order valence-corrected chi connectivity index (χ1v) is 17.5. The SMILES string of the molecule is CN(C)CCOCCOCCOCCOCCOCCOCCOCCOCCOCCOCCOCCOCCOC(=O)c1ccccc1. The molecule has 0 N–H and O–H groups in total. The van der Waals surface area contributed by atoms with Gasteiger partial charge in [0.25, 0.3) is 0 Å². The van der Waals surface area contributed by atoms with Crippen molar-refractivity contribution in [3.63, 3.8) is 0 Å². The Labute approximate surface area is 298 Å². The molecule has 0 spiro atoms. The highest BCUT2D eigenvalue weighted by Gasteiger charge is 2.05. The monoisotopic (exact) mass is 721 g/mol. The van der Waals surface area contributed by atoms with E-state index < -0.39 is 0 Å². The third-order valence-corrected chi connectivity index (χ3v) is 6.25. The molecule has 0 aromatic heterocycles. The van der Waals surface area contributed by atoms with Gasteiger partial charge in [-0.3, -0.25) is 0 Å². The molecule has 15 heteroatoms. The van der Waals surface area contributed by atoms with Crippen LogP contribution in [0, 0.1) is 0 Å². The molecule has 0 radical (unpaired) electrons. The summed E-state index contributed by atoms with van der Waals surface area (Å²) in [6, 6.07) is 8.85. The number of carbonyl (C=O) groups is 1. The number of likely N-dealkylation sites (N-methyl/N-ethyl adjacent to an activating group) is 1. The fraction of sp³-hybridized carbons (Fsp3) is 0.800. The molecule has 0 unspecified atom stereocenters. The highest BCUT2D eigenvalue weighted by Crippen LogP contribution is 2.00. The second-order valence-corrected chi connectivity index (χ2v) is 10.7. The van der Waals surface area contributed by atoms with E-state index >= 15 is 0 Å². The van der Waals surface area contributed by atoms with E-state index in [2.05, 4.69) is 4.90 Å². The van der Waals surface area contributed by atoms with Crippen LogP contribution in [0.25, 0.3) is 0 Å². The minimum atomic E-state index is -0.357. The van der Waals surface area contributed by atoms with E-state index in [1.54, 1.807) is 24.3 Å². The van der Waals surface area contributed by atoms with Gasteiger partial charge in [-0.05, 0) is 26.2 Å². The predicted molar refractivity (Wildman–Crippen MR) is 185 cm³/mol. The second kappa shape index (κ2) is 38.4. The molecule has 0 saturated carbocycles. The fourth-order valence-electron chi connectivity index (χ4n) is 3.62. The number of esters is 1. The first-order chi connectivity index (χ1) is 24.7. The first kappa shape index (κ1) is 46.2. The molecule has 1 aromatic rings. The summed E-state index contributed by atoms with van der Waals surface area (Å²) in [5, 5.41) is 0. The molecule has 0 aliphatic rings. The summed E-state index contributed by atoms with van der Waals surface area (Å²) in [6.45, 7) is 13.2. The van der Waals surface area contributed by atoms with Crippen LogP contribution >= 0.6 is 0 Å². The topological polar surface area (TPSA) is 140 Å². The molecule has 292 valence electrons. The molecule has 0 atom stereocenters. The maximum absolute atomic E-state index is 11.8. The fourth-order valence-corrected chi connectivity index (χ4v) is 3.62. The van der Waals surface area contributed by atoms with Crippen molar-refractivity contribution in [2.24, 2.45) is 0 Å². The van der Waals surface area contributed by atoms with Crippen LogP contribution in [0.5, 0.6) is 0 Å². The van der Waals surface area contributed by atoms with Crippen LogP contribution in [-0.2, 0) is 61.6 Å². The Morgan fingerprint density at radius 1 is 0.380 bits per heavy atom. The summed E-state index contributed by atoms with van der Waals surface area (Å²) in [5.74, 6) is -0.357.